The fourth-order valence-electron chi connectivity index (χ4n) is 1.92. The van der Waals surface area contributed by atoms with Crippen LogP contribution in [0.5, 0.6) is 5.75 Å². The van der Waals surface area contributed by atoms with Crippen molar-refractivity contribution in [3.05, 3.63) is 47.5 Å². The van der Waals surface area contributed by atoms with Crippen LogP contribution < -0.4 is 10.1 Å². The predicted octanol–water partition coefficient (Wildman–Crippen LogP) is 4.69. The number of ether oxygens (including phenoxy) is 1. The lowest BCUT2D eigenvalue weighted by Crippen LogP contribution is -2.19. The summed E-state index contributed by atoms with van der Waals surface area (Å²) < 4.78 is 6.46. The number of aromatic nitrogens is 1. The van der Waals surface area contributed by atoms with Crippen LogP contribution in [-0.2, 0) is 4.79 Å². The average molecular weight is 365 g/mol. The number of halogens is 1. The van der Waals surface area contributed by atoms with Crippen LogP contribution in [0.2, 0.25) is 5.02 Å². The number of anilines is 1. The van der Waals surface area contributed by atoms with E-state index in [-0.39, 0.29) is 12.5 Å². The SMILES string of the molecule is CSc1ccc2nc(NC(=O)COc3ccc(Cl)cc3)sc2c1. The predicted molar refractivity (Wildman–Crippen MR) is 97.0 cm³/mol. The molecule has 0 atom stereocenters. The van der Waals surface area contributed by atoms with Crippen LogP contribution in [0, 0.1) is 0 Å². The molecule has 0 bridgehead atoms. The highest BCUT2D eigenvalue weighted by atomic mass is 35.5. The normalized spacial score (nSPS) is 10.7. The molecular weight excluding hydrogens is 352 g/mol. The van der Waals surface area contributed by atoms with Crippen molar-refractivity contribution < 1.29 is 9.53 Å². The fraction of sp³-hybridized carbons (Fsp3) is 0.125. The minimum atomic E-state index is -0.246. The van der Waals surface area contributed by atoms with Gasteiger partial charge in [0.15, 0.2) is 11.7 Å². The molecule has 2 aromatic carbocycles. The van der Waals surface area contributed by atoms with E-state index in [2.05, 4.69) is 16.4 Å². The highest BCUT2D eigenvalue weighted by molar-refractivity contribution is 7.98. The Kier molecular flexibility index (Phi) is 5.05. The highest BCUT2D eigenvalue weighted by Gasteiger charge is 2.09. The summed E-state index contributed by atoms with van der Waals surface area (Å²) in [6.45, 7) is -0.0758. The molecular formula is C16H13ClN2O2S2. The quantitative estimate of drug-likeness (QED) is 0.667. The van der Waals surface area contributed by atoms with Crippen LogP contribution in [0.15, 0.2) is 47.4 Å². The third kappa shape index (κ3) is 4.16. The Morgan fingerprint density at radius 3 is 2.83 bits per heavy atom. The van der Waals surface area contributed by atoms with E-state index in [1.54, 1.807) is 36.0 Å². The Labute approximate surface area is 146 Å². The summed E-state index contributed by atoms with van der Waals surface area (Å²) in [7, 11) is 0. The Bertz CT molecular complexity index is 834. The molecule has 7 heteroatoms. The van der Waals surface area contributed by atoms with Gasteiger partial charge in [-0.2, -0.15) is 0 Å². The second-order valence-corrected chi connectivity index (χ2v) is 6.99. The summed E-state index contributed by atoms with van der Waals surface area (Å²) in [5.74, 6) is 0.350. The van der Waals surface area contributed by atoms with Crippen molar-refractivity contribution in [3.63, 3.8) is 0 Å². The Morgan fingerprint density at radius 2 is 2.09 bits per heavy atom. The Morgan fingerprint density at radius 1 is 1.30 bits per heavy atom. The number of hydrogen-bond acceptors (Lipinski definition) is 5. The molecule has 1 heterocycles. The van der Waals surface area contributed by atoms with Crippen LogP contribution in [0.4, 0.5) is 5.13 Å². The van der Waals surface area contributed by atoms with Crippen LogP contribution in [0.25, 0.3) is 10.2 Å². The van der Waals surface area contributed by atoms with Crippen LogP contribution in [0.3, 0.4) is 0 Å². The summed E-state index contributed by atoms with van der Waals surface area (Å²) in [6.07, 6.45) is 2.03. The third-order valence-corrected chi connectivity index (χ3v) is 4.94. The lowest BCUT2D eigenvalue weighted by Gasteiger charge is -2.05. The van der Waals surface area contributed by atoms with E-state index in [4.69, 9.17) is 16.3 Å². The molecule has 0 fully saturated rings. The molecule has 0 aliphatic carbocycles. The van der Waals surface area contributed by atoms with E-state index in [9.17, 15) is 4.79 Å². The molecule has 3 rings (SSSR count). The number of nitrogens with one attached hydrogen (secondary N) is 1. The van der Waals surface area contributed by atoms with Gasteiger partial charge in [-0.1, -0.05) is 22.9 Å². The number of amides is 1. The number of benzene rings is 2. The number of hydrogen-bond donors (Lipinski definition) is 1. The third-order valence-electron chi connectivity index (χ3n) is 3.03. The molecule has 0 radical (unpaired) electrons. The lowest BCUT2D eigenvalue weighted by molar-refractivity contribution is -0.118. The molecule has 0 saturated carbocycles. The van der Waals surface area contributed by atoms with Crippen molar-refractivity contribution in [2.24, 2.45) is 0 Å². The maximum atomic E-state index is 12.0. The number of carbonyl (C=O) groups is 1. The zero-order chi connectivity index (χ0) is 16.2. The molecule has 1 aromatic heterocycles. The van der Waals surface area contributed by atoms with Gasteiger partial charge in [0.1, 0.15) is 5.75 Å². The van der Waals surface area contributed by atoms with Gasteiger partial charge in [-0.3, -0.25) is 10.1 Å². The molecule has 0 saturated heterocycles. The molecule has 0 spiro atoms. The Balaban J connectivity index is 1.62. The van der Waals surface area contributed by atoms with Gasteiger partial charge in [-0.25, -0.2) is 4.98 Å². The zero-order valence-corrected chi connectivity index (χ0v) is 14.6. The first-order valence-electron chi connectivity index (χ1n) is 6.77. The maximum absolute atomic E-state index is 12.0. The van der Waals surface area contributed by atoms with E-state index in [1.165, 1.54) is 16.2 Å². The molecule has 0 unspecified atom stereocenters. The Hall–Kier alpha value is -1.76. The van der Waals surface area contributed by atoms with E-state index >= 15 is 0 Å². The van der Waals surface area contributed by atoms with Crippen LogP contribution in [-0.4, -0.2) is 23.8 Å². The van der Waals surface area contributed by atoms with E-state index < -0.39 is 0 Å². The van der Waals surface area contributed by atoms with Crippen molar-refractivity contribution in [1.29, 1.82) is 0 Å². The lowest BCUT2D eigenvalue weighted by atomic mass is 10.3. The number of fused-ring (bicyclic) bond motifs is 1. The summed E-state index contributed by atoms with van der Waals surface area (Å²) in [5, 5.41) is 3.96. The van der Waals surface area contributed by atoms with Gasteiger partial charge in [0, 0.05) is 9.92 Å². The van der Waals surface area contributed by atoms with Gasteiger partial charge in [-0.15, -0.1) is 11.8 Å². The zero-order valence-electron chi connectivity index (χ0n) is 12.2. The van der Waals surface area contributed by atoms with Crippen LogP contribution in [0.1, 0.15) is 0 Å². The number of nitrogens with zero attached hydrogens (tertiary/aromatic N) is 1. The van der Waals surface area contributed by atoms with Crippen molar-refractivity contribution in [1.82, 2.24) is 4.98 Å². The number of rotatable bonds is 5. The van der Waals surface area contributed by atoms with Gasteiger partial charge in [0.25, 0.3) is 5.91 Å². The largest absolute Gasteiger partial charge is 0.484 e. The number of thioether (sulfide) groups is 1. The first-order chi connectivity index (χ1) is 11.1. The minimum Gasteiger partial charge on any atom is -0.484 e. The van der Waals surface area contributed by atoms with Crippen molar-refractivity contribution in [2.75, 3.05) is 18.2 Å². The molecule has 118 valence electrons. The summed E-state index contributed by atoms with van der Waals surface area (Å²) >= 11 is 8.92. The van der Waals surface area contributed by atoms with E-state index in [0.29, 0.717) is 15.9 Å². The first-order valence-corrected chi connectivity index (χ1v) is 9.19. The summed E-state index contributed by atoms with van der Waals surface area (Å²) in [6, 6.07) is 12.9. The molecule has 0 aliphatic heterocycles. The van der Waals surface area contributed by atoms with Gasteiger partial charge in [-0.05, 0) is 48.7 Å². The number of thiazole rings is 1. The molecule has 4 nitrogen and oxygen atoms in total. The monoisotopic (exact) mass is 364 g/mol. The van der Waals surface area contributed by atoms with Crippen LogP contribution >= 0.6 is 34.7 Å². The minimum absolute atomic E-state index is 0.0758. The van der Waals surface area contributed by atoms with E-state index in [1.807, 2.05) is 18.4 Å². The molecule has 0 aliphatic rings. The highest BCUT2D eigenvalue weighted by Crippen LogP contribution is 2.29. The van der Waals surface area contributed by atoms with Crippen molar-refractivity contribution in [2.45, 2.75) is 4.90 Å². The van der Waals surface area contributed by atoms with Crippen molar-refractivity contribution in [3.8, 4) is 5.75 Å². The standard InChI is InChI=1S/C16H13ClN2O2S2/c1-22-12-6-7-13-14(8-12)23-16(18-13)19-15(20)9-21-11-4-2-10(17)3-5-11/h2-8H,9H2,1H3,(H,18,19,20). The van der Waals surface area contributed by atoms with Gasteiger partial charge in [0.05, 0.1) is 10.2 Å². The molecule has 1 N–H and O–H groups in total. The van der Waals surface area contributed by atoms with E-state index in [0.717, 1.165) is 10.2 Å². The molecule has 3 aromatic rings. The average Bonchev–Trinajstić information content (AvgIpc) is 2.95. The maximum Gasteiger partial charge on any atom is 0.264 e. The van der Waals surface area contributed by atoms with Gasteiger partial charge >= 0.3 is 0 Å². The smallest absolute Gasteiger partial charge is 0.264 e. The first kappa shape index (κ1) is 16.1. The molecule has 23 heavy (non-hydrogen) atoms. The topological polar surface area (TPSA) is 51.2 Å². The summed E-state index contributed by atoms with van der Waals surface area (Å²) in [5.41, 5.74) is 0.877. The van der Waals surface area contributed by atoms with Gasteiger partial charge in [0.2, 0.25) is 0 Å². The van der Waals surface area contributed by atoms with Crippen molar-refractivity contribution >= 4 is 56.0 Å². The number of carbonyl (C=O) groups excluding carboxylic acids is 1. The summed E-state index contributed by atoms with van der Waals surface area (Å²) in [4.78, 5) is 17.5. The fourth-order valence-corrected chi connectivity index (χ4v) is 3.48. The second kappa shape index (κ2) is 7.21. The second-order valence-electron chi connectivity index (χ2n) is 4.64. The molecule has 1 amide bonds. The van der Waals surface area contributed by atoms with Gasteiger partial charge < -0.3 is 4.74 Å².